The van der Waals surface area contributed by atoms with Crippen LogP contribution in [0.2, 0.25) is 5.02 Å². The van der Waals surface area contributed by atoms with Crippen molar-refractivity contribution in [1.82, 2.24) is 20.4 Å². The van der Waals surface area contributed by atoms with Gasteiger partial charge in [0.1, 0.15) is 6.54 Å². The molecule has 0 bridgehead atoms. The van der Waals surface area contributed by atoms with Gasteiger partial charge in [-0.1, -0.05) is 35.9 Å². The molecule has 3 rings (SSSR count). The Balaban J connectivity index is 1.95. The molecule has 2 N–H and O–H groups in total. The SMILES string of the molecule is C=CCN1C(=O)NC(c2ccccc2Cl)C2=C1CN(CC(=O)NC(C)(C)C)C2=O. The number of carbonyl (C=O) groups is 3. The second-order valence-corrected chi connectivity index (χ2v) is 8.53. The molecule has 0 spiro atoms. The lowest BCUT2D eigenvalue weighted by Crippen LogP contribution is -2.47. The average molecular weight is 417 g/mol. The molecule has 7 nitrogen and oxygen atoms in total. The van der Waals surface area contributed by atoms with Gasteiger partial charge >= 0.3 is 6.03 Å². The molecule has 2 aliphatic rings. The van der Waals surface area contributed by atoms with Crippen LogP contribution in [-0.4, -0.2) is 52.8 Å². The molecule has 1 aromatic carbocycles. The normalized spacial score (nSPS) is 19.2. The molecule has 1 atom stereocenters. The van der Waals surface area contributed by atoms with Crippen LogP contribution in [0.15, 0.2) is 48.2 Å². The van der Waals surface area contributed by atoms with Crippen molar-refractivity contribution in [3.05, 3.63) is 58.8 Å². The highest BCUT2D eigenvalue weighted by Crippen LogP contribution is 2.38. The van der Waals surface area contributed by atoms with E-state index in [4.69, 9.17) is 11.6 Å². The molecule has 0 aromatic heterocycles. The largest absolute Gasteiger partial charge is 0.350 e. The van der Waals surface area contributed by atoms with Crippen LogP contribution in [-0.2, 0) is 9.59 Å². The number of hydrogen-bond donors (Lipinski definition) is 2. The second kappa shape index (κ2) is 7.91. The molecule has 0 saturated heterocycles. The lowest BCUT2D eigenvalue weighted by atomic mass is 9.95. The molecule has 4 amide bonds. The van der Waals surface area contributed by atoms with Crippen molar-refractivity contribution in [3.8, 4) is 0 Å². The van der Waals surface area contributed by atoms with E-state index in [1.165, 1.54) is 9.80 Å². The molecule has 2 aliphatic heterocycles. The van der Waals surface area contributed by atoms with Crippen LogP contribution in [0.1, 0.15) is 32.4 Å². The minimum Gasteiger partial charge on any atom is -0.350 e. The van der Waals surface area contributed by atoms with Gasteiger partial charge in [0, 0.05) is 17.1 Å². The van der Waals surface area contributed by atoms with Gasteiger partial charge in [0.2, 0.25) is 5.91 Å². The maximum absolute atomic E-state index is 13.2. The highest BCUT2D eigenvalue weighted by atomic mass is 35.5. The third-order valence-corrected chi connectivity index (χ3v) is 5.02. The van der Waals surface area contributed by atoms with Crippen LogP contribution in [0.4, 0.5) is 4.79 Å². The quantitative estimate of drug-likeness (QED) is 0.724. The summed E-state index contributed by atoms with van der Waals surface area (Å²) in [6.45, 7) is 9.67. The Morgan fingerprint density at radius 3 is 2.66 bits per heavy atom. The van der Waals surface area contributed by atoms with Crippen molar-refractivity contribution in [2.24, 2.45) is 0 Å². The number of nitrogens with zero attached hydrogens (tertiary/aromatic N) is 2. The van der Waals surface area contributed by atoms with Crippen LogP contribution in [0.25, 0.3) is 0 Å². The van der Waals surface area contributed by atoms with Crippen LogP contribution in [0.3, 0.4) is 0 Å². The summed E-state index contributed by atoms with van der Waals surface area (Å²) in [4.78, 5) is 41.3. The Labute approximate surface area is 175 Å². The Hall–Kier alpha value is -2.80. The lowest BCUT2D eigenvalue weighted by molar-refractivity contribution is -0.132. The standard InChI is InChI=1S/C21H25ClN4O3/c1-5-10-26-15-11-25(12-16(27)24-21(2,3)4)19(28)17(15)18(23-20(26)29)13-8-6-7-9-14(13)22/h5-9,18H,1,10-12H2,2-4H3,(H,23,29)(H,24,27). The van der Waals surface area contributed by atoms with Crippen molar-refractivity contribution in [1.29, 1.82) is 0 Å². The van der Waals surface area contributed by atoms with Crippen LogP contribution in [0, 0.1) is 0 Å². The van der Waals surface area contributed by atoms with Crippen molar-refractivity contribution in [2.45, 2.75) is 32.4 Å². The third-order valence-electron chi connectivity index (χ3n) is 4.67. The predicted molar refractivity (Wildman–Crippen MR) is 111 cm³/mol. The molecule has 0 aliphatic carbocycles. The fourth-order valence-corrected chi connectivity index (χ4v) is 3.82. The van der Waals surface area contributed by atoms with Gasteiger partial charge < -0.3 is 15.5 Å². The first-order valence-corrected chi connectivity index (χ1v) is 9.77. The summed E-state index contributed by atoms with van der Waals surface area (Å²) in [5.74, 6) is -0.544. The highest BCUT2D eigenvalue weighted by Gasteiger charge is 2.44. The molecular weight excluding hydrogens is 392 g/mol. The van der Waals surface area contributed by atoms with Gasteiger partial charge in [0.25, 0.3) is 5.91 Å². The Morgan fingerprint density at radius 1 is 1.34 bits per heavy atom. The van der Waals surface area contributed by atoms with Gasteiger partial charge in [-0.05, 0) is 32.4 Å². The molecule has 1 unspecified atom stereocenters. The summed E-state index contributed by atoms with van der Waals surface area (Å²) >= 11 is 6.34. The number of hydrogen-bond acceptors (Lipinski definition) is 3. The molecule has 0 radical (unpaired) electrons. The summed E-state index contributed by atoms with van der Waals surface area (Å²) in [6.07, 6.45) is 1.60. The van der Waals surface area contributed by atoms with Gasteiger partial charge in [-0.2, -0.15) is 0 Å². The molecule has 0 saturated carbocycles. The molecule has 2 heterocycles. The van der Waals surface area contributed by atoms with E-state index in [0.717, 1.165) is 0 Å². The molecule has 154 valence electrons. The molecule has 0 fully saturated rings. The summed E-state index contributed by atoms with van der Waals surface area (Å²) in [5.41, 5.74) is 1.25. The van der Waals surface area contributed by atoms with Gasteiger partial charge in [-0.15, -0.1) is 6.58 Å². The second-order valence-electron chi connectivity index (χ2n) is 8.12. The first-order chi connectivity index (χ1) is 13.6. The molecule has 29 heavy (non-hydrogen) atoms. The van der Waals surface area contributed by atoms with E-state index >= 15 is 0 Å². The van der Waals surface area contributed by atoms with Gasteiger partial charge in [-0.3, -0.25) is 14.5 Å². The first kappa shape index (κ1) is 20.9. The molecular formula is C21H25ClN4O3. The summed E-state index contributed by atoms with van der Waals surface area (Å²) in [5, 5.41) is 6.19. The number of urea groups is 1. The number of benzene rings is 1. The van der Waals surface area contributed by atoms with Crippen LogP contribution in [0.5, 0.6) is 0 Å². The van der Waals surface area contributed by atoms with Gasteiger partial charge in [-0.25, -0.2) is 4.79 Å². The Morgan fingerprint density at radius 2 is 2.03 bits per heavy atom. The van der Waals surface area contributed by atoms with E-state index < -0.39 is 11.6 Å². The van der Waals surface area contributed by atoms with Crippen molar-refractivity contribution >= 4 is 29.4 Å². The minimum absolute atomic E-state index is 0.0888. The zero-order chi connectivity index (χ0) is 21.3. The smallest absolute Gasteiger partial charge is 0.322 e. The molecule has 1 aromatic rings. The first-order valence-electron chi connectivity index (χ1n) is 9.39. The van der Waals surface area contributed by atoms with E-state index in [-0.39, 0.29) is 37.5 Å². The summed E-state index contributed by atoms with van der Waals surface area (Å²) in [7, 11) is 0. The predicted octanol–water partition coefficient (Wildman–Crippen LogP) is 2.60. The Kier molecular flexibility index (Phi) is 5.71. The third kappa shape index (κ3) is 4.29. The van der Waals surface area contributed by atoms with Gasteiger partial charge in [0.15, 0.2) is 0 Å². The number of rotatable bonds is 5. The van der Waals surface area contributed by atoms with Crippen LogP contribution >= 0.6 is 11.6 Å². The fourth-order valence-electron chi connectivity index (χ4n) is 3.57. The maximum Gasteiger partial charge on any atom is 0.322 e. The number of amides is 4. The van der Waals surface area contributed by atoms with Crippen LogP contribution < -0.4 is 10.6 Å². The average Bonchev–Trinajstić information content (AvgIpc) is 2.93. The van der Waals surface area contributed by atoms with E-state index in [2.05, 4.69) is 17.2 Å². The molecule has 8 heteroatoms. The zero-order valence-corrected chi connectivity index (χ0v) is 17.5. The van der Waals surface area contributed by atoms with E-state index in [1.54, 1.807) is 30.3 Å². The number of carbonyl (C=O) groups excluding carboxylic acids is 3. The summed E-state index contributed by atoms with van der Waals surface area (Å²) in [6, 6.07) is 6.09. The highest BCUT2D eigenvalue weighted by molar-refractivity contribution is 6.31. The Bertz CT molecular complexity index is 903. The van der Waals surface area contributed by atoms with E-state index in [1.807, 2.05) is 20.8 Å². The van der Waals surface area contributed by atoms with Crippen molar-refractivity contribution < 1.29 is 14.4 Å². The van der Waals surface area contributed by atoms with E-state index in [9.17, 15) is 14.4 Å². The van der Waals surface area contributed by atoms with Crippen molar-refractivity contribution in [2.75, 3.05) is 19.6 Å². The minimum atomic E-state index is -0.671. The topological polar surface area (TPSA) is 81.8 Å². The van der Waals surface area contributed by atoms with E-state index in [0.29, 0.717) is 21.9 Å². The zero-order valence-electron chi connectivity index (χ0n) is 16.8. The van der Waals surface area contributed by atoms with Crippen molar-refractivity contribution in [3.63, 3.8) is 0 Å². The summed E-state index contributed by atoms with van der Waals surface area (Å²) < 4.78 is 0. The monoisotopic (exact) mass is 416 g/mol. The van der Waals surface area contributed by atoms with Gasteiger partial charge in [0.05, 0.1) is 23.9 Å². The maximum atomic E-state index is 13.2. The lowest BCUT2D eigenvalue weighted by Gasteiger charge is -2.33. The fraction of sp³-hybridized carbons (Fsp3) is 0.381. The number of nitrogens with one attached hydrogen (secondary N) is 2. The number of halogens is 1.